The Kier molecular flexibility index (Phi) is 26.9. The summed E-state index contributed by atoms with van der Waals surface area (Å²) in [5.74, 6) is 0. The number of hydrogen-bond donors (Lipinski definition) is 0. The highest BCUT2D eigenvalue weighted by Gasteiger charge is 1.94. The van der Waals surface area contributed by atoms with Gasteiger partial charge in [-0.2, -0.15) is 0 Å². The first-order valence-electron chi connectivity index (χ1n) is 13.3. The molecule has 0 heterocycles. The Morgan fingerprint density at radius 2 is 0.690 bits per heavy atom. The van der Waals surface area contributed by atoms with E-state index in [4.69, 9.17) is 4.74 Å². The van der Waals surface area contributed by atoms with Gasteiger partial charge in [-0.25, -0.2) is 0 Å². The Balaban J connectivity index is 3.05. The fourth-order valence-corrected chi connectivity index (χ4v) is 3.56. The standard InChI is InChI=1S/C28H54O/c1-3-5-7-9-11-13-15-17-19-21-23-25-27-29-28-26-24-22-20-18-16-14-12-10-8-6-4-2/h9-12H,3-8,13-28H2,1-2H3/b11-9-,12-10-. The predicted octanol–water partition coefficient (Wildman–Crippen LogP) is 9.96. The highest BCUT2D eigenvalue weighted by molar-refractivity contribution is 4.81. The van der Waals surface area contributed by atoms with Crippen molar-refractivity contribution in [1.29, 1.82) is 0 Å². The minimum atomic E-state index is 0.977. The second kappa shape index (κ2) is 27.4. The second-order valence-corrected chi connectivity index (χ2v) is 8.66. The minimum absolute atomic E-state index is 0.977. The molecule has 0 rings (SSSR count). The molecule has 0 aromatic carbocycles. The molecule has 0 fully saturated rings. The summed E-state index contributed by atoms with van der Waals surface area (Å²) in [5.41, 5.74) is 0. The average Bonchev–Trinajstić information content (AvgIpc) is 2.74. The van der Waals surface area contributed by atoms with E-state index in [1.807, 2.05) is 0 Å². The summed E-state index contributed by atoms with van der Waals surface area (Å²) < 4.78 is 5.80. The monoisotopic (exact) mass is 406 g/mol. The van der Waals surface area contributed by atoms with Crippen LogP contribution in [0.5, 0.6) is 0 Å². The Labute approximate surface area is 184 Å². The lowest BCUT2D eigenvalue weighted by Gasteiger charge is -2.05. The summed E-state index contributed by atoms with van der Waals surface area (Å²) >= 11 is 0. The van der Waals surface area contributed by atoms with Gasteiger partial charge in [0.25, 0.3) is 0 Å². The van der Waals surface area contributed by atoms with Crippen molar-refractivity contribution in [2.24, 2.45) is 0 Å². The zero-order valence-corrected chi connectivity index (χ0v) is 20.3. The molecule has 0 aromatic rings. The Morgan fingerprint density at radius 1 is 0.379 bits per heavy atom. The van der Waals surface area contributed by atoms with Gasteiger partial charge in [0.2, 0.25) is 0 Å². The maximum absolute atomic E-state index is 5.80. The largest absolute Gasteiger partial charge is 0.381 e. The van der Waals surface area contributed by atoms with Gasteiger partial charge in [-0.3, -0.25) is 0 Å². The van der Waals surface area contributed by atoms with Gasteiger partial charge in [0.05, 0.1) is 0 Å². The Morgan fingerprint density at radius 3 is 1.07 bits per heavy atom. The van der Waals surface area contributed by atoms with Gasteiger partial charge in [-0.15, -0.1) is 0 Å². The summed E-state index contributed by atoms with van der Waals surface area (Å²) in [7, 11) is 0. The quantitative estimate of drug-likeness (QED) is 0.114. The maximum atomic E-state index is 5.80. The average molecular weight is 407 g/mol. The molecule has 1 heteroatoms. The van der Waals surface area contributed by atoms with Crippen molar-refractivity contribution >= 4 is 0 Å². The van der Waals surface area contributed by atoms with Crippen LogP contribution in [0.4, 0.5) is 0 Å². The van der Waals surface area contributed by atoms with Crippen LogP contribution in [0, 0.1) is 0 Å². The van der Waals surface area contributed by atoms with Crippen molar-refractivity contribution in [1.82, 2.24) is 0 Å². The zero-order valence-electron chi connectivity index (χ0n) is 20.3. The molecule has 0 saturated carbocycles. The normalized spacial score (nSPS) is 11.9. The molecule has 0 amide bonds. The van der Waals surface area contributed by atoms with E-state index >= 15 is 0 Å². The van der Waals surface area contributed by atoms with E-state index in [2.05, 4.69) is 38.2 Å². The molecule has 0 unspecified atom stereocenters. The third-order valence-electron chi connectivity index (χ3n) is 5.60. The fourth-order valence-electron chi connectivity index (χ4n) is 3.56. The number of rotatable bonds is 24. The maximum Gasteiger partial charge on any atom is 0.0466 e. The van der Waals surface area contributed by atoms with Crippen LogP contribution < -0.4 is 0 Å². The molecular formula is C28H54O. The Bertz CT molecular complexity index is 299. The lowest BCUT2D eigenvalue weighted by atomic mass is 10.1. The molecule has 0 aliphatic carbocycles. The van der Waals surface area contributed by atoms with E-state index in [9.17, 15) is 0 Å². The van der Waals surface area contributed by atoms with Gasteiger partial charge >= 0.3 is 0 Å². The van der Waals surface area contributed by atoms with Crippen molar-refractivity contribution in [3.05, 3.63) is 24.3 Å². The van der Waals surface area contributed by atoms with Gasteiger partial charge in [0, 0.05) is 13.2 Å². The van der Waals surface area contributed by atoms with E-state index in [0.29, 0.717) is 0 Å². The fraction of sp³-hybridized carbons (Fsp3) is 0.857. The molecule has 29 heavy (non-hydrogen) atoms. The van der Waals surface area contributed by atoms with Crippen LogP contribution in [0.15, 0.2) is 24.3 Å². The van der Waals surface area contributed by atoms with Gasteiger partial charge in [-0.05, 0) is 51.4 Å². The Hall–Kier alpha value is -0.560. The van der Waals surface area contributed by atoms with Crippen molar-refractivity contribution in [3.8, 4) is 0 Å². The van der Waals surface area contributed by atoms with Crippen molar-refractivity contribution in [2.75, 3.05) is 13.2 Å². The number of ether oxygens (including phenoxy) is 1. The molecule has 0 atom stereocenters. The zero-order chi connectivity index (χ0) is 21.1. The molecule has 0 radical (unpaired) electrons. The molecular weight excluding hydrogens is 352 g/mol. The van der Waals surface area contributed by atoms with Crippen LogP contribution in [-0.2, 0) is 4.74 Å². The summed E-state index contributed by atoms with van der Waals surface area (Å²) in [5, 5.41) is 0. The second-order valence-electron chi connectivity index (χ2n) is 8.66. The van der Waals surface area contributed by atoms with Crippen molar-refractivity contribution in [2.45, 2.75) is 142 Å². The highest BCUT2D eigenvalue weighted by Crippen LogP contribution is 2.10. The van der Waals surface area contributed by atoms with Crippen LogP contribution in [0.25, 0.3) is 0 Å². The molecule has 0 saturated heterocycles. The van der Waals surface area contributed by atoms with Gasteiger partial charge < -0.3 is 4.74 Å². The van der Waals surface area contributed by atoms with E-state index in [1.54, 1.807) is 0 Å². The van der Waals surface area contributed by atoms with Gasteiger partial charge in [-0.1, -0.05) is 115 Å². The van der Waals surface area contributed by atoms with Crippen LogP contribution in [0.1, 0.15) is 142 Å². The predicted molar refractivity (Wildman–Crippen MR) is 133 cm³/mol. The topological polar surface area (TPSA) is 9.23 Å². The van der Waals surface area contributed by atoms with E-state index in [-0.39, 0.29) is 0 Å². The molecule has 1 nitrogen and oxygen atoms in total. The van der Waals surface area contributed by atoms with Gasteiger partial charge in [0.15, 0.2) is 0 Å². The van der Waals surface area contributed by atoms with Crippen LogP contribution >= 0.6 is 0 Å². The van der Waals surface area contributed by atoms with Crippen LogP contribution in [0.3, 0.4) is 0 Å². The van der Waals surface area contributed by atoms with E-state index in [0.717, 1.165) is 13.2 Å². The van der Waals surface area contributed by atoms with Crippen molar-refractivity contribution in [3.63, 3.8) is 0 Å². The molecule has 0 spiro atoms. The van der Waals surface area contributed by atoms with Gasteiger partial charge in [0.1, 0.15) is 0 Å². The van der Waals surface area contributed by atoms with Crippen LogP contribution in [0.2, 0.25) is 0 Å². The smallest absolute Gasteiger partial charge is 0.0466 e. The molecule has 0 aromatic heterocycles. The highest BCUT2D eigenvalue weighted by atomic mass is 16.5. The summed E-state index contributed by atoms with van der Waals surface area (Å²) in [6.07, 6.45) is 36.2. The lowest BCUT2D eigenvalue weighted by Crippen LogP contribution is -1.97. The summed E-state index contributed by atoms with van der Waals surface area (Å²) in [6, 6.07) is 0. The minimum Gasteiger partial charge on any atom is -0.381 e. The van der Waals surface area contributed by atoms with Crippen LogP contribution in [-0.4, -0.2) is 13.2 Å². The third-order valence-corrected chi connectivity index (χ3v) is 5.60. The summed E-state index contributed by atoms with van der Waals surface area (Å²) in [4.78, 5) is 0. The molecule has 0 aliphatic heterocycles. The first kappa shape index (κ1) is 28.4. The molecule has 0 bridgehead atoms. The van der Waals surface area contributed by atoms with Crippen molar-refractivity contribution < 1.29 is 4.74 Å². The number of hydrogen-bond acceptors (Lipinski definition) is 1. The third kappa shape index (κ3) is 27.4. The van der Waals surface area contributed by atoms with E-state index in [1.165, 1.54) is 128 Å². The first-order valence-corrected chi connectivity index (χ1v) is 13.3. The molecule has 172 valence electrons. The lowest BCUT2D eigenvalue weighted by molar-refractivity contribution is 0.125. The summed E-state index contributed by atoms with van der Waals surface area (Å²) in [6.45, 7) is 6.47. The number of allylic oxidation sites excluding steroid dienone is 4. The van der Waals surface area contributed by atoms with E-state index < -0.39 is 0 Å². The SMILES string of the molecule is CCCC/C=C\CCCCCCCCOCCCCCCCC/C=C\CCCC. The molecule has 0 N–H and O–H groups in total. The first-order chi connectivity index (χ1) is 14.4. The number of unbranched alkanes of at least 4 members (excludes halogenated alkanes) is 16. The molecule has 0 aliphatic rings.